The first-order valence-corrected chi connectivity index (χ1v) is 5.27. The molecule has 1 fully saturated rings. The molecule has 76 valence electrons. The van der Waals surface area contributed by atoms with E-state index in [9.17, 15) is 5.11 Å². The number of rotatable bonds is 3. The van der Waals surface area contributed by atoms with Crippen molar-refractivity contribution in [1.29, 1.82) is 0 Å². The number of halogens is 1. The lowest BCUT2D eigenvalue weighted by Gasteiger charge is -2.41. The van der Waals surface area contributed by atoms with Gasteiger partial charge in [-0.05, 0) is 43.5 Å². The topological polar surface area (TPSA) is 32.3 Å². The van der Waals surface area contributed by atoms with Crippen LogP contribution in [-0.2, 0) is 0 Å². The van der Waals surface area contributed by atoms with E-state index in [1.165, 1.54) is 6.42 Å². The highest BCUT2D eigenvalue weighted by atomic mass is 35.5. The van der Waals surface area contributed by atoms with E-state index in [0.717, 1.165) is 23.6 Å². The van der Waals surface area contributed by atoms with Crippen LogP contribution in [0.3, 0.4) is 0 Å². The lowest BCUT2D eigenvalue weighted by Crippen LogP contribution is -2.48. The maximum absolute atomic E-state index is 9.26. The van der Waals surface area contributed by atoms with Gasteiger partial charge in [0, 0.05) is 10.7 Å². The second kappa shape index (κ2) is 3.79. The first-order chi connectivity index (χ1) is 6.74. The summed E-state index contributed by atoms with van der Waals surface area (Å²) in [5.41, 5.74) is 0.955. The fourth-order valence-corrected chi connectivity index (χ4v) is 1.89. The van der Waals surface area contributed by atoms with Gasteiger partial charge in [-0.1, -0.05) is 11.6 Å². The Hall–Kier alpha value is -0.730. The molecule has 0 aromatic heterocycles. The van der Waals surface area contributed by atoms with Gasteiger partial charge in [-0.2, -0.15) is 0 Å². The van der Waals surface area contributed by atoms with E-state index in [1.807, 2.05) is 24.3 Å². The van der Waals surface area contributed by atoms with Gasteiger partial charge in [0.25, 0.3) is 0 Å². The summed E-state index contributed by atoms with van der Waals surface area (Å²) in [6, 6.07) is 7.59. The van der Waals surface area contributed by atoms with Gasteiger partial charge in [0.1, 0.15) is 0 Å². The third kappa shape index (κ3) is 1.86. The Morgan fingerprint density at radius 2 is 1.93 bits per heavy atom. The number of anilines is 1. The molecule has 1 aliphatic rings. The Morgan fingerprint density at radius 3 is 2.36 bits per heavy atom. The summed E-state index contributed by atoms with van der Waals surface area (Å²) in [4.78, 5) is 0. The van der Waals surface area contributed by atoms with E-state index in [0.29, 0.717) is 0 Å². The normalized spacial score (nSPS) is 18.7. The van der Waals surface area contributed by atoms with Gasteiger partial charge in [-0.15, -0.1) is 0 Å². The molecule has 0 amide bonds. The van der Waals surface area contributed by atoms with E-state index in [2.05, 4.69) is 5.32 Å². The second-order valence-electron chi connectivity index (χ2n) is 3.92. The van der Waals surface area contributed by atoms with Gasteiger partial charge >= 0.3 is 0 Å². The number of benzene rings is 1. The largest absolute Gasteiger partial charge is 0.394 e. The van der Waals surface area contributed by atoms with Crippen LogP contribution in [0.4, 0.5) is 5.69 Å². The predicted molar refractivity (Wildman–Crippen MR) is 58.7 cm³/mol. The van der Waals surface area contributed by atoms with Crippen LogP contribution < -0.4 is 5.32 Å². The standard InChI is InChI=1S/C11H14ClNO/c12-9-2-4-10(5-3-9)13-11(8-14)6-1-7-11/h2-5,13-14H,1,6-8H2. The van der Waals surface area contributed by atoms with Crippen LogP contribution in [0.15, 0.2) is 24.3 Å². The molecule has 1 saturated carbocycles. The van der Waals surface area contributed by atoms with Crippen molar-refractivity contribution in [3.05, 3.63) is 29.3 Å². The number of hydrogen-bond acceptors (Lipinski definition) is 2. The SMILES string of the molecule is OCC1(Nc2ccc(Cl)cc2)CCC1. The van der Waals surface area contributed by atoms with Crippen molar-refractivity contribution in [1.82, 2.24) is 0 Å². The average molecular weight is 212 g/mol. The van der Waals surface area contributed by atoms with Crippen LogP contribution in [0.5, 0.6) is 0 Å². The summed E-state index contributed by atoms with van der Waals surface area (Å²) in [7, 11) is 0. The molecule has 2 nitrogen and oxygen atoms in total. The lowest BCUT2D eigenvalue weighted by molar-refractivity contribution is 0.144. The molecule has 0 unspecified atom stereocenters. The van der Waals surface area contributed by atoms with E-state index >= 15 is 0 Å². The molecule has 14 heavy (non-hydrogen) atoms. The van der Waals surface area contributed by atoms with E-state index < -0.39 is 0 Å². The van der Waals surface area contributed by atoms with Crippen molar-refractivity contribution in [3.63, 3.8) is 0 Å². The van der Waals surface area contributed by atoms with E-state index in [4.69, 9.17) is 11.6 Å². The second-order valence-corrected chi connectivity index (χ2v) is 4.36. The zero-order valence-corrected chi connectivity index (χ0v) is 8.72. The molecule has 1 aromatic carbocycles. The summed E-state index contributed by atoms with van der Waals surface area (Å²) < 4.78 is 0. The van der Waals surface area contributed by atoms with Crippen molar-refractivity contribution in [2.45, 2.75) is 24.8 Å². The average Bonchev–Trinajstić information content (AvgIpc) is 2.15. The molecule has 0 saturated heterocycles. The fourth-order valence-electron chi connectivity index (χ4n) is 1.77. The molecule has 1 aliphatic carbocycles. The smallest absolute Gasteiger partial charge is 0.0661 e. The maximum Gasteiger partial charge on any atom is 0.0661 e. The molecule has 0 bridgehead atoms. The quantitative estimate of drug-likeness (QED) is 0.806. The van der Waals surface area contributed by atoms with Crippen LogP contribution >= 0.6 is 11.6 Å². The number of nitrogens with one attached hydrogen (secondary N) is 1. The summed E-state index contributed by atoms with van der Waals surface area (Å²) in [6.07, 6.45) is 3.29. The van der Waals surface area contributed by atoms with Gasteiger partial charge < -0.3 is 10.4 Å². The summed E-state index contributed by atoms with van der Waals surface area (Å²) in [6.45, 7) is 0.204. The summed E-state index contributed by atoms with van der Waals surface area (Å²) in [5.74, 6) is 0. The molecule has 2 rings (SSSR count). The van der Waals surface area contributed by atoms with Gasteiger partial charge in [0.05, 0.1) is 12.1 Å². The van der Waals surface area contributed by atoms with Gasteiger partial charge in [0.15, 0.2) is 0 Å². The fraction of sp³-hybridized carbons (Fsp3) is 0.455. The van der Waals surface area contributed by atoms with Crippen molar-refractivity contribution in [3.8, 4) is 0 Å². The molecule has 1 aromatic rings. The third-order valence-corrected chi connectivity index (χ3v) is 3.12. The summed E-state index contributed by atoms with van der Waals surface area (Å²) >= 11 is 5.79. The molecule has 0 heterocycles. The van der Waals surface area contributed by atoms with Crippen LogP contribution in [-0.4, -0.2) is 17.3 Å². The minimum absolute atomic E-state index is 0.0756. The predicted octanol–water partition coefficient (Wildman–Crippen LogP) is 2.67. The number of hydrogen-bond donors (Lipinski definition) is 2. The van der Waals surface area contributed by atoms with Crippen molar-refractivity contribution in [2.75, 3.05) is 11.9 Å². The molecule has 0 atom stereocenters. The molecule has 3 heteroatoms. The molecular weight excluding hydrogens is 198 g/mol. The first kappa shape index (κ1) is 9.81. The van der Waals surface area contributed by atoms with Crippen molar-refractivity contribution in [2.24, 2.45) is 0 Å². The zero-order chi connectivity index (χ0) is 10.0. The van der Waals surface area contributed by atoms with Crippen LogP contribution in [0.25, 0.3) is 0 Å². The molecule has 0 radical (unpaired) electrons. The van der Waals surface area contributed by atoms with Crippen LogP contribution in [0.1, 0.15) is 19.3 Å². The van der Waals surface area contributed by atoms with Crippen molar-refractivity contribution < 1.29 is 5.11 Å². The molecular formula is C11H14ClNO. The van der Waals surface area contributed by atoms with Gasteiger partial charge in [-0.3, -0.25) is 0 Å². The molecule has 0 spiro atoms. The highest BCUT2D eigenvalue weighted by Crippen LogP contribution is 2.34. The monoisotopic (exact) mass is 211 g/mol. The Labute approximate surface area is 88.9 Å². The highest BCUT2D eigenvalue weighted by molar-refractivity contribution is 6.30. The number of aliphatic hydroxyl groups excluding tert-OH is 1. The highest BCUT2D eigenvalue weighted by Gasteiger charge is 2.35. The minimum atomic E-state index is -0.0756. The minimum Gasteiger partial charge on any atom is -0.394 e. The zero-order valence-electron chi connectivity index (χ0n) is 7.96. The molecule has 0 aliphatic heterocycles. The van der Waals surface area contributed by atoms with E-state index in [1.54, 1.807) is 0 Å². The Balaban J connectivity index is 2.06. The van der Waals surface area contributed by atoms with Gasteiger partial charge in [-0.25, -0.2) is 0 Å². The van der Waals surface area contributed by atoms with E-state index in [-0.39, 0.29) is 12.1 Å². The summed E-state index contributed by atoms with van der Waals surface area (Å²) in [5, 5.41) is 13.4. The lowest BCUT2D eigenvalue weighted by atomic mass is 9.77. The van der Waals surface area contributed by atoms with Crippen LogP contribution in [0.2, 0.25) is 5.02 Å². The Kier molecular flexibility index (Phi) is 2.66. The molecule has 2 N–H and O–H groups in total. The van der Waals surface area contributed by atoms with Crippen LogP contribution in [0, 0.1) is 0 Å². The van der Waals surface area contributed by atoms with Gasteiger partial charge in [0.2, 0.25) is 0 Å². The first-order valence-electron chi connectivity index (χ1n) is 4.89. The Bertz CT molecular complexity index is 300. The maximum atomic E-state index is 9.26. The number of aliphatic hydroxyl groups is 1. The third-order valence-electron chi connectivity index (χ3n) is 2.87. The Morgan fingerprint density at radius 1 is 1.29 bits per heavy atom. The van der Waals surface area contributed by atoms with Crippen molar-refractivity contribution >= 4 is 17.3 Å².